The summed E-state index contributed by atoms with van der Waals surface area (Å²) in [7, 11) is 0. The number of nitrogens with two attached hydrogens (primary N) is 1. The van der Waals surface area contributed by atoms with Crippen LogP contribution in [0.3, 0.4) is 0 Å². The lowest BCUT2D eigenvalue weighted by molar-refractivity contribution is 0.0297. The summed E-state index contributed by atoms with van der Waals surface area (Å²) in [5, 5.41) is 3.25. The van der Waals surface area contributed by atoms with Gasteiger partial charge in [0.15, 0.2) is 0 Å². The van der Waals surface area contributed by atoms with Crippen molar-refractivity contribution in [1.29, 1.82) is 0 Å². The van der Waals surface area contributed by atoms with E-state index in [0.717, 1.165) is 5.92 Å². The van der Waals surface area contributed by atoms with Crippen LogP contribution >= 0.6 is 0 Å². The van der Waals surface area contributed by atoms with Crippen molar-refractivity contribution in [3.63, 3.8) is 0 Å². The van der Waals surface area contributed by atoms with Gasteiger partial charge in [0, 0.05) is 24.5 Å². The van der Waals surface area contributed by atoms with Crippen LogP contribution in [0.15, 0.2) is 0 Å². The Morgan fingerprint density at radius 3 is 1.83 bits per heavy atom. The Morgan fingerprint density at radius 2 is 1.83 bits per heavy atom. The molecule has 1 atom stereocenters. The van der Waals surface area contributed by atoms with E-state index in [2.05, 4.69) is 26.1 Å². The Labute approximate surface area is 75.9 Å². The number of nitrogens with one attached hydrogen (secondary N) is 1. The van der Waals surface area contributed by atoms with Crippen molar-refractivity contribution in [3.8, 4) is 0 Å². The highest BCUT2D eigenvalue weighted by atomic mass is 15.0. The van der Waals surface area contributed by atoms with Gasteiger partial charge in [0.25, 0.3) is 0 Å². The highest BCUT2D eigenvalue weighted by Crippen LogP contribution is 2.42. The van der Waals surface area contributed by atoms with Gasteiger partial charge >= 0.3 is 0 Å². The molecule has 1 aliphatic heterocycles. The smallest absolute Gasteiger partial charge is 0.0120 e. The molecule has 2 fully saturated rings. The first-order valence-electron chi connectivity index (χ1n) is 5.03. The van der Waals surface area contributed by atoms with Crippen LogP contribution in [0.5, 0.6) is 0 Å². The third-order valence-corrected chi connectivity index (χ3v) is 2.69. The molecule has 1 aliphatic carbocycles. The van der Waals surface area contributed by atoms with Gasteiger partial charge in [-0.2, -0.15) is 0 Å². The predicted octanol–water partition coefficient (Wildman–Crippen LogP) is 1.36. The Balaban J connectivity index is 0.000000157. The molecular weight excluding hydrogens is 148 g/mol. The standard InChI is InChI=1S/C6H12N2.C4H10/c7-5-1-2-6(5)3-8-4-6;1-4(2)3/h5,8H,1-4,7H2;4H,1-3H3/t5-;/m1./s1. The van der Waals surface area contributed by atoms with Gasteiger partial charge in [-0.3, -0.25) is 0 Å². The molecule has 0 aromatic carbocycles. The molecule has 0 aromatic rings. The third kappa shape index (κ3) is 1.99. The summed E-state index contributed by atoms with van der Waals surface area (Å²) in [5.41, 5.74) is 6.35. The Morgan fingerprint density at radius 1 is 1.33 bits per heavy atom. The second-order valence-corrected chi connectivity index (χ2v) is 4.84. The van der Waals surface area contributed by atoms with E-state index in [1.807, 2.05) is 0 Å². The molecule has 2 aliphatic rings. The summed E-state index contributed by atoms with van der Waals surface area (Å²) >= 11 is 0. The first kappa shape index (κ1) is 10.0. The molecule has 0 bridgehead atoms. The van der Waals surface area contributed by atoms with Gasteiger partial charge in [-0.25, -0.2) is 0 Å². The average molecular weight is 170 g/mol. The van der Waals surface area contributed by atoms with Crippen molar-refractivity contribution >= 4 is 0 Å². The van der Waals surface area contributed by atoms with Crippen LogP contribution in [-0.2, 0) is 0 Å². The van der Waals surface area contributed by atoms with Crippen LogP contribution in [0.4, 0.5) is 0 Å². The van der Waals surface area contributed by atoms with Gasteiger partial charge in [-0.15, -0.1) is 0 Å². The van der Waals surface area contributed by atoms with Crippen molar-refractivity contribution in [3.05, 3.63) is 0 Å². The van der Waals surface area contributed by atoms with Crippen molar-refractivity contribution in [2.45, 2.75) is 39.7 Å². The van der Waals surface area contributed by atoms with E-state index in [4.69, 9.17) is 5.73 Å². The van der Waals surface area contributed by atoms with E-state index < -0.39 is 0 Å². The second kappa shape index (κ2) is 3.75. The van der Waals surface area contributed by atoms with E-state index in [9.17, 15) is 0 Å². The Kier molecular flexibility index (Phi) is 3.13. The molecule has 0 radical (unpaired) electrons. The maximum absolute atomic E-state index is 5.78. The van der Waals surface area contributed by atoms with Crippen LogP contribution < -0.4 is 11.1 Å². The highest BCUT2D eigenvalue weighted by Gasteiger charge is 2.48. The van der Waals surface area contributed by atoms with Gasteiger partial charge in [0.2, 0.25) is 0 Å². The average Bonchev–Trinajstić information content (AvgIpc) is 1.80. The topological polar surface area (TPSA) is 38.0 Å². The zero-order valence-corrected chi connectivity index (χ0v) is 8.56. The van der Waals surface area contributed by atoms with Gasteiger partial charge in [0.1, 0.15) is 0 Å². The first-order valence-corrected chi connectivity index (χ1v) is 5.03. The molecule has 2 nitrogen and oxygen atoms in total. The highest BCUT2D eigenvalue weighted by molar-refractivity contribution is 5.06. The molecule has 3 N–H and O–H groups in total. The molecule has 0 aromatic heterocycles. The zero-order valence-electron chi connectivity index (χ0n) is 8.56. The molecule has 2 heteroatoms. The van der Waals surface area contributed by atoms with Crippen molar-refractivity contribution in [1.82, 2.24) is 5.32 Å². The van der Waals surface area contributed by atoms with E-state index in [-0.39, 0.29) is 0 Å². The molecular formula is C10H22N2. The summed E-state index contributed by atoms with van der Waals surface area (Å²) in [6.07, 6.45) is 2.61. The van der Waals surface area contributed by atoms with Crippen LogP contribution in [0.25, 0.3) is 0 Å². The monoisotopic (exact) mass is 170 g/mol. The maximum Gasteiger partial charge on any atom is 0.0120 e. The molecule has 1 saturated carbocycles. The van der Waals surface area contributed by atoms with Crippen LogP contribution in [0, 0.1) is 11.3 Å². The molecule has 72 valence electrons. The van der Waals surface area contributed by atoms with E-state index in [1.165, 1.54) is 25.9 Å². The fourth-order valence-electron chi connectivity index (χ4n) is 1.60. The molecule has 1 spiro atoms. The molecule has 2 rings (SSSR count). The van der Waals surface area contributed by atoms with Gasteiger partial charge in [-0.1, -0.05) is 20.8 Å². The minimum absolute atomic E-state index is 0.517. The summed E-state index contributed by atoms with van der Waals surface area (Å²) < 4.78 is 0. The van der Waals surface area contributed by atoms with Crippen LogP contribution in [0.2, 0.25) is 0 Å². The third-order valence-electron chi connectivity index (χ3n) is 2.69. The summed E-state index contributed by atoms with van der Waals surface area (Å²) in [4.78, 5) is 0. The summed E-state index contributed by atoms with van der Waals surface area (Å²) in [6.45, 7) is 8.85. The quantitative estimate of drug-likeness (QED) is 0.576. The summed E-state index contributed by atoms with van der Waals surface area (Å²) in [5.74, 6) is 0.833. The molecule has 0 unspecified atom stereocenters. The normalized spacial score (nSPS) is 30.2. The second-order valence-electron chi connectivity index (χ2n) is 4.84. The molecule has 0 amide bonds. The van der Waals surface area contributed by atoms with Gasteiger partial charge in [-0.05, 0) is 18.8 Å². The molecule has 12 heavy (non-hydrogen) atoms. The Bertz CT molecular complexity index is 131. The molecule has 1 saturated heterocycles. The van der Waals surface area contributed by atoms with Crippen molar-refractivity contribution < 1.29 is 0 Å². The van der Waals surface area contributed by atoms with Crippen LogP contribution in [0.1, 0.15) is 33.6 Å². The number of hydrogen-bond acceptors (Lipinski definition) is 2. The van der Waals surface area contributed by atoms with E-state index >= 15 is 0 Å². The fraction of sp³-hybridized carbons (Fsp3) is 1.00. The fourth-order valence-corrected chi connectivity index (χ4v) is 1.60. The van der Waals surface area contributed by atoms with Crippen molar-refractivity contribution in [2.24, 2.45) is 17.1 Å². The lowest BCUT2D eigenvalue weighted by Gasteiger charge is -2.54. The van der Waals surface area contributed by atoms with E-state index in [1.54, 1.807) is 0 Å². The van der Waals surface area contributed by atoms with E-state index in [0.29, 0.717) is 11.5 Å². The first-order chi connectivity index (χ1) is 5.57. The van der Waals surface area contributed by atoms with Crippen LogP contribution in [-0.4, -0.2) is 19.1 Å². The van der Waals surface area contributed by atoms with Gasteiger partial charge in [0.05, 0.1) is 0 Å². The Hall–Kier alpha value is -0.0800. The van der Waals surface area contributed by atoms with Crippen molar-refractivity contribution in [2.75, 3.05) is 13.1 Å². The molecule has 1 heterocycles. The lowest BCUT2D eigenvalue weighted by Crippen LogP contribution is -2.67. The SMILES string of the molecule is CC(C)C.N[C@@H]1CCC12CNC2. The lowest BCUT2D eigenvalue weighted by atomic mass is 9.61. The number of rotatable bonds is 0. The predicted molar refractivity (Wildman–Crippen MR) is 53.0 cm³/mol. The maximum atomic E-state index is 5.78. The minimum Gasteiger partial charge on any atom is -0.327 e. The van der Waals surface area contributed by atoms with Gasteiger partial charge < -0.3 is 11.1 Å². The summed E-state index contributed by atoms with van der Waals surface area (Å²) in [6, 6.07) is 0.517. The zero-order chi connectivity index (χ0) is 9.19. The number of hydrogen-bond donors (Lipinski definition) is 2. The minimum atomic E-state index is 0.517. The largest absolute Gasteiger partial charge is 0.327 e.